The van der Waals surface area contributed by atoms with Crippen LogP contribution in [0.15, 0.2) is 53.5 Å². The number of hydrogen-bond donors (Lipinski definition) is 1. The lowest BCUT2D eigenvalue weighted by Crippen LogP contribution is -2.24. The fourth-order valence-electron chi connectivity index (χ4n) is 4.61. The lowest BCUT2D eigenvalue weighted by Gasteiger charge is -2.16. The molecule has 0 aliphatic heterocycles. The van der Waals surface area contributed by atoms with E-state index in [1.165, 1.54) is 16.7 Å². The molecule has 0 bridgehead atoms. The average Bonchev–Trinajstić information content (AvgIpc) is 3.67. The summed E-state index contributed by atoms with van der Waals surface area (Å²) in [5.41, 5.74) is 0.753. The number of methoxy groups -OCH3 is 1. The van der Waals surface area contributed by atoms with E-state index in [1.54, 1.807) is 19.2 Å². The Morgan fingerprint density at radius 3 is 2.63 bits per heavy atom. The number of aromatic nitrogens is 3. The molecule has 0 saturated heterocycles. The highest BCUT2D eigenvalue weighted by Gasteiger charge is 2.32. The van der Waals surface area contributed by atoms with Gasteiger partial charge in [-0.1, -0.05) is 23.7 Å². The van der Waals surface area contributed by atoms with E-state index in [1.807, 2.05) is 12.1 Å². The number of phenolic OH excluding ortho intramolecular Hbond substituents is 1. The number of nitrogens with zero attached hydrogens (tertiary/aromatic N) is 3. The van der Waals surface area contributed by atoms with Crippen LogP contribution in [-0.4, -0.2) is 26.8 Å². The maximum Gasteiger partial charge on any atom is 0.433 e. The Morgan fingerprint density at radius 2 is 1.97 bits per heavy atom. The van der Waals surface area contributed by atoms with E-state index in [9.17, 15) is 23.1 Å². The maximum absolute atomic E-state index is 14.0. The molecule has 1 fully saturated rings. The molecule has 11 heteroatoms. The number of pyridine rings is 1. The highest BCUT2D eigenvalue weighted by molar-refractivity contribution is 7.25. The summed E-state index contributed by atoms with van der Waals surface area (Å²) < 4.78 is 46.5. The molecule has 2 aromatic carbocycles. The molecule has 194 valence electrons. The van der Waals surface area contributed by atoms with Gasteiger partial charge in [-0.2, -0.15) is 13.2 Å². The fourth-order valence-corrected chi connectivity index (χ4v) is 5.93. The van der Waals surface area contributed by atoms with Gasteiger partial charge in [-0.3, -0.25) is 14.3 Å². The number of hydrogen-bond acceptors (Lipinski definition) is 6. The second-order valence-electron chi connectivity index (χ2n) is 9.16. The van der Waals surface area contributed by atoms with E-state index < -0.39 is 11.9 Å². The first-order chi connectivity index (χ1) is 18.2. The number of ether oxygens (including phenoxy) is 1. The first kappa shape index (κ1) is 24.7. The van der Waals surface area contributed by atoms with E-state index in [0.717, 1.165) is 47.6 Å². The van der Waals surface area contributed by atoms with Gasteiger partial charge in [0.25, 0.3) is 5.56 Å². The molecular weight excluding hydrogens is 539 g/mol. The number of phenols is 1. The highest BCUT2D eigenvalue weighted by atomic mass is 35.5. The van der Waals surface area contributed by atoms with E-state index in [2.05, 4.69) is 4.98 Å². The molecule has 6 nitrogen and oxygen atoms in total. The van der Waals surface area contributed by atoms with Crippen molar-refractivity contribution in [2.75, 3.05) is 7.11 Å². The van der Waals surface area contributed by atoms with E-state index in [-0.39, 0.29) is 22.9 Å². The molecule has 1 saturated carbocycles. The van der Waals surface area contributed by atoms with Crippen molar-refractivity contribution >= 4 is 43.2 Å². The summed E-state index contributed by atoms with van der Waals surface area (Å²) in [4.78, 5) is 22.9. The predicted octanol–water partition coefficient (Wildman–Crippen LogP) is 6.99. The minimum atomic E-state index is -4.57. The summed E-state index contributed by atoms with van der Waals surface area (Å²) in [6.45, 7) is -0.0463. The topological polar surface area (TPSA) is 77.2 Å². The summed E-state index contributed by atoms with van der Waals surface area (Å²) in [7, 11) is 1.58. The largest absolute Gasteiger partial charge is 0.505 e. The minimum Gasteiger partial charge on any atom is -0.505 e. The van der Waals surface area contributed by atoms with E-state index >= 15 is 0 Å². The Balaban J connectivity index is 1.61. The molecule has 0 radical (unpaired) electrons. The van der Waals surface area contributed by atoms with E-state index in [0.29, 0.717) is 43.4 Å². The van der Waals surface area contributed by atoms with Gasteiger partial charge in [0.2, 0.25) is 0 Å². The minimum absolute atomic E-state index is 0.0463. The summed E-state index contributed by atoms with van der Waals surface area (Å²) in [5, 5.41) is 11.5. The SMILES string of the molecule is COc1ccc(-c2nc3sc4c(O)c(Cl)ccc4c3c(=O)n2Cc2ccc(C(F)(F)F)nc2)c(C2CC2)c1. The Morgan fingerprint density at radius 1 is 1.18 bits per heavy atom. The molecule has 1 N–H and O–H groups in total. The third kappa shape index (κ3) is 4.17. The van der Waals surface area contributed by atoms with Crippen LogP contribution in [0.25, 0.3) is 31.7 Å². The molecule has 6 rings (SSSR count). The van der Waals surface area contributed by atoms with E-state index in [4.69, 9.17) is 21.3 Å². The van der Waals surface area contributed by atoms with Crippen LogP contribution in [0.4, 0.5) is 13.2 Å². The number of thiophene rings is 1. The van der Waals surface area contributed by atoms with Crippen LogP contribution in [0.2, 0.25) is 5.02 Å². The van der Waals surface area contributed by atoms with Crippen LogP contribution in [0, 0.1) is 0 Å². The van der Waals surface area contributed by atoms with Gasteiger partial charge in [0.05, 0.1) is 28.8 Å². The predicted molar refractivity (Wildman–Crippen MR) is 140 cm³/mol. The molecule has 38 heavy (non-hydrogen) atoms. The van der Waals surface area contributed by atoms with Crippen LogP contribution in [0.5, 0.6) is 11.5 Å². The number of aromatic hydroxyl groups is 1. The highest BCUT2D eigenvalue weighted by Crippen LogP contribution is 2.46. The number of alkyl halides is 3. The van der Waals surface area contributed by atoms with Crippen molar-refractivity contribution in [2.45, 2.75) is 31.5 Å². The first-order valence-corrected chi connectivity index (χ1v) is 12.9. The third-order valence-electron chi connectivity index (χ3n) is 6.66. The van der Waals surface area contributed by atoms with Gasteiger partial charge < -0.3 is 9.84 Å². The Labute approximate surface area is 222 Å². The maximum atomic E-state index is 14.0. The molecule has 0 amide bonds. The standard InChI is InChI=1S/C27H19ClF3N3O3S/c1-37-15-5-6-16(18(10-15)14-3-4-14)24-33-25-21(17-7-8-19(28)22(35)23(17)38-25)26(36)34(24)12-13-2-9-20(32-11-13)27(29,30)31/h2,5-11,14,35H,3-4,12H2,1H3. The molecule has 3 heterocycles. The summed E-state index contributed by atoms with van der Waals surface area (Å²) in [5.74, 6) is 1.22. The van der Waals surface area contributed by atoms with Crippen molar-refractivity contribution in [2.24, 2.45) is 0 Å². The first-order valence-electron chi connectivity index (χ1n) is 11.7. The lowest BCUT2D eigenvalue weighted by molar-refractivity contribution is -0.141. The zero-order valence-corrected chi connectivity index (χ0v) is 21.4. The van der Waals surface area contributed by atoms with Crippen molar-refractivity contribution in [3.05, 3.63) is 80.9 Å². The lowest BCUT2D eigenvalue weighted by atomic mass is 10.0. The van der Waals surface area contributed by atoms with Gasteiger partial charge in [-0.05, 0) is 60.2 Å². The van der Waals surface area contributed by atoms with Crippen LogP contribution in [0.3, 0.4) is 0 Å². The Bertz CT molecular complexity index is 1780. The van der Waals surface area contributed by atoms with Gasteiger partial charge >= 0.3 is 6.18 Å². The number of halogens is 4. The molecule has 1 aliphatic carbocycles. The summed E-state index contributed by atoms with van der Waals surface area (Å²) in [6.07, 6.45) is -1.46. The van der Waals surface area contributed by atoms with Gasteiger partial charge in [0, 0.05) is 17.1 Å². The number of benzene rings is 2. The van der Waals surface area contributed by atoms with Crippen molar-refractivity contribution < 1.29 is 23.0 Å². The van der Waals surface area contributed by atoms with Crippen molar-refractivity contribution in [1.29, 1.82) is 0 Å². The smallest absolute Gasteiger partial charge is 0.433 e. The second kappa shape index (κ2) is 8.99. The average molecular weight is 558 g/mol. The zero-order chi connectivity index (χ0) is 26.8. The summed E-state index contributed by atoms with van der Waals surface area (Å²) >= 11 is 7.27. The second-order valence-corrected chi connectivity index (χ2v) is 10.6. The molecule has 3 aromatic heterocycles. The third-order valence-corrected chi connectivity index (χ3v) is 8.07. The van der Waals surface area contributed by atoms with Crippen LogP contribution < -0.4 is 10.3 Å². The Kier molecular flexibility index (Phi) is 5.84. The van der Waals surface area contributed by atoms with Crippen molar-refractivity contribution in [1.82, 2.24) is 14.5 Å². The fraction of sp³-hybridized carbons (Fsp3) is 0.222. The molecular formula is C27H19ClF3N3O3S. The normalized spacial score (nSPS) is 13.9. The molecule has 0 atom stereocenters. The van der Waals surface area contributed by atoms with Crippen molar-refractivity contribution in [3.63, 3.8) is 0 Å². The van der Waals surface area contributed by atoms with Crippen LogP contribution in [0.1, 0.15) is 35.6 Å². The molecule has 0 spiro atoms. The number of fused-ring (bicyclic) bond motifs is 3. The number of rotatable bonds is 5. The van der Waals surface area contributed by atoms with Gasteiger partial charge in [-0.15, -0.1) is 11.3 Å². The van der Waals surface area contributed by atoms with Gasteiger partial charge in [0.15, 0.2) is 5.75 Å². The van der Waals surface area contributed by atoms with Crippen LogP contribution >= 0.6 is 22.9 Å². The molecule has 1 aliphatic rings. The molecule has 0 unspecified atom stereocenters. The molecule has 5 aromatic rings. The van der Waals surface area contributed by atoms with Gasteiger partial charge in [-0.25, -0.2) is 4.98 Å². The monoisotopic (exact) mass is 557 g/mol. The Hall–Kier alpha value is -3.63. The van der Waals surface area contributed by atoms with Crippen LogP contribution in [-0.2, 0) is 12.7 Å². The van der Waals surface area contributed by atoms with Crippen molar-refractivity contribution in [3.8, 4) is 22.9 Å². The summed E-state index contributed by atoms with van der Waals surface area (Å²) in [6, 6.07) is 11.0. The quantitative estimate of drug-likeness (QED) is 0.252. The van der Waals surface area contributed by atoms with Gasteiger partial charge in [0.1, 0.15) is 22.1 Å². The zero-order valence-electron chi connectivity index (χ0n) is 19.8.